The van der Waals surface area contributed by atoms with Crippen LogP contribution in [0.15, 0.2) is 19.8 Å². The molecule has 1 heterocycles. The van der Waals surface area contributed by atoms with Gasteiger partial charge in [0.05, 0.1) is 0 Å². The summed E-state index contributed by atoms with van der Waals surface area (Å²) in [6, 6.07) is 0. The molecule has 1 atom stereocenters. The first-order valence-electron chi connectivity index (χ1n) is 1.79. The monoisotopic (exact) mass is 196 g/mol. The van der Waals surface area contributed by atoms with Crippen LogP contribution in [-0.2, 0) is 0 Å². The van der Waals surface area contributed by atoms with Crippen LogP contribution in [0, 0.1) is 0 Å². The van der Waals surface area contributed by atoms with Crippen molar-refractivity contribution in [2.75, 3.05) is 0 Å². The van der Waals surface area contributed by atoms with Crippen molar-refractivity contribution in [3.8, 4) is 0 Å². The summed E-state index contributed by atoms with van der Waals surface area (Å²) < 4.78 is 0.877. The van der Waals surface area contributed by atoms with E-state index in [4.69, 9.17) is 23.2 Å². The minimum absolute atomic E-state index is 0.142. The molecule has 1 unspecified atom stereocenters. The molecule has 0 aromatic carbocycles. The van der Waals surface area contributed by atoms with Crippen LogP contribution in [0.3, 0.4) is 0 Å². The van der Waals surface area contributed by atoms with E-state index in [9.17, 15) is 0 Å². The molecule has 0 aromatic heterocycles. The van der Waals surface area contributed by atoms with Gasteiger partial charge < -0.3 is 0 Å². The van der Waals surface area contributed by atoms with E-state index >= 15 is 0 Å². The molecule has 7 heavy (non-hydrogen) atoms. The van der Waals surface area contributed by atoms with Gasteiger partial charge in [-0.1, -0.05) is 0 Å². The van der Waals surface area contributed by atoms with Crippen LogP contribution in [0.25, 0.3) is 0 Å². The Kier molecular flexibility index (Phi) is 1.85. The normalized spacial score (nSPS) is 22.6. The van der Waals surface area contributed by atoms with Crippen molar-refractivity contribution >= 4 is 39.0 Å². The maximum absolute atomic E-state index is 5.60. The zero-order valence-electron chi connectivity index (χ0n) is 3.41. The van der Waals surface area contributed by atoms with Crippen LogP contribution in [0.5, 0.6) is 0 Å². The predicted molar refractivity (Wildman–Crippen MR) is 35.0 cm³/mol. The van der Waals surface area contributed by atoms with Gasteiger partial charge in [-0.05, 0) is 0 Å². The van der Waals surface area contributed by atoms with Crippen LogP contribution < -0.4 is 0 Å². The molecule has 0 nitrogen and oxygen atoms in total. The number of hydrogen-bond donors (Lipinski definition) is 0. The Labute approximate surface area is 58.9 Å². The van der Waals surface area contributed by atoms with E-state index in [0.29, 0.717) is 0 Å². The van der Waals surface area contributed by atoms with Gasteiger partial charge in [-0.25, -0.2) is 0 Å². The first-order valence-corrected chi connectivity index (χ1v) is 4.80. The van der Waals surface area contributed by atoms with Crippen LogP contribution in [0.2, 0.25) is 0 Å². The molecule has 0 spiro atoms. The second-order valence-electron chi connectivity index (χ2n) is 1.14. The van der Waals surface area contributed by atoms with E-state index in [-0.39, 0.29) is 15.8 Å². The van der Waals surface area contributed by atoms with Crippen molar-refractivity contribution in [2.45, 2.75) is 0 Å². The van der Waals surface area contributed by atoms with Crippen molar-refractivity contribution in [2.24, 2.45) is 0 Å². The third-order valence-electron chi connectivity index (χ3n) is 0.649. The Morgan fingerprint density at radius 1 is 1.43 bits per heavy atom. The summed E-state index contributed by atoms with van der Waals surface area (Å²) in [5.41, 5.74) is 0. The van der Waals surface area contributed by atoms with E-state index in [1.54, 1.807) is 0 Å². The first-order chi connectivity index (χ1) is 3.30. The molecular weight excluding hydrogens is 194 g/mol. The van der Waals surface area contributed by atoms with Crippen molar-refractivity contribution < 1.29 is 0 Å². The molecular formula is C4H3AsCl2. The Bertz CT molecular complexity index is 137. The molecule has 0 saturated carbocycles. The van der Waals surface area contributed by atoms with Crippen molar-refractivity contribution in [3.05, 3.63) is 19.8 Å². The molecule has 0 radical (unpaired) electrons. The topological polar surface area (TPSA) is 0 Å². The predicted octanol–water partition coefficient (Wildman–Crippen LogP) is 1.60. The molecule has 0 aromatic rings. The quantitative estimate of drug-likeness (QED) is 0.517. The fourth-order valence-electron chi connectivity index (χ4n) is 0.330. The molecule has 0 bridgehead atoms. The van der Waals surface area contributed by atoms with Gasteiger partial charge in [0, 0.05) is 0 Å². The third kappa shape index (κ3) is 1.25. The standard InChI is InChI=1S/C4H3AsCl2/c6-3-1-2-5-4(3)7/h1-2,5H. The van der Waals surface area contributed by atoms with Crippen molar-refractivity contribution in [1.82, 2.24) is 0 Å². The molecule has 1 rings (SSSR count). The van der Waals surface area contributed by atoms with Gasteiger partial charge in [-0.3, -0.25) is 0 Å². The van der Waals surface area contributed by atoms with E-state index in [0.717, 1.165) is 8.85 Å². The molecule has 0 fully saturated rings. The minimum atomic E-state index is -0.142. The zero-order valence-corrected chi connectivity index (χ0v) is 7.02. The SMILES string of the molecule is ClC1=C(Cl)[AsH]C=C1. The number of rotatable bonds is 0. The van der Waals surface area contributed by atoms with Gasteiger partial charge in [0.2, 0.25) is 0 Å². The van der Waals surface area contributed by atoms with Crippen molar-refractivity contribution in [1.29, 1.82) is 0 Å². The second-order valence-corrected chi connectivity index (χ2v) is 4.94. The Morgan fingerprint density at radius 2 is 2.14 bits per heavy atom. The average Bonchev–Trinajstić information content (AvgIpc) is 1.91. The fraction of sp³-hybridized carbons (Fsp3) is 0. The number of hydrogen-bond acceptors (Lipinski definition) is 0. The van der Waals surface area contributed by atoms with Crippen LogP contribution in [0.4, 0.5) is 0 Å². The summed E-state index contributed by atoms with van der Waals surface area (Å²) in [4.78, 5) is 2.06. The average molecular weight is 197 g/mol. The molecule has 0 N–H and O–H groups in total. The third-order valence-corrected chi connectivity index (χ3v) is 3.96. The molecule has 0 saturated heterocycles. The molecule has 0 amide bonds. The fourth-order valence-corrected chi connectivity index (χ4v) is 2.58. The van der Waals surface area contributed by atoms with E-state index < -0.39 is 0 Å². The van der Waals surface area contributed by atoms with Gasteiger partial charge in [-0.2, -0.15) is 0 Å². The van der Waals surface area contributed by atoms with Crippen LogP contribution in [0.1, 0.15) is 0 Å². The summed E-state index contributed by atoms with van der Waals surface area (Å²) in [7, 11) is 0. The molecule has 1 aliphatic rings. The summed E-state index contributed by atoms with van der Waals surface area (Å²) in [5.74, 6) is 0. The summed E-state index contributed by atoms with van der Waals surface area (Å²) in [5, 5.41) is 0.738. The Balaban J connectivity index is 2.79. The molecule has 38 valence electrons. The van der Waals surface area contributed by atoms with Gasteiger partial charge in [0.15, 0.2) is 0 Å². The number of halogens is 2. The Morgan fingerprint density at radius 3 is 2.29 bits per heavy atom. The second kappa shape index (κ2) is 2.26. The van der Waals surface area contributed by atoms with Gasteiger partial charge in [0.25, 0.3) is 0 Å². The van der Waals surface area contributed by atoms with Crippen LogP contribution in [-0.4, -0.2) is 15.8 Å². The zero-order chi connectivity index (χ0) is 5.28. The van der Waals surface area contributed by atoms with Gasteiger partial charge in [0.1, 0.15) is 0 Å². The van der Waals surface area contributed by atoms with Gasteiger partial charge in [-0.15, -0.1) is 0 Å². The molecule has 3 heteroatoms. The molecule has 1 aliphatic heterocycles. The van der Waals surface area contributed by atoms with E-state index in [1.807, 2.05) is 6.08 Å². The molecule has 0 aliphatic carbocycles. The maximum atomic E-state index is 5.60. The number of allylic oxidation sites excluding steroid dienone is 2. The van der Waals surface area contributed by atoms with E-state index in [1.165, 1.54) is 0 Å². The van der Waals surface area contributed by atoms with Crippen molar-refractivity contribution in [3.63, 3.8) is 0 Å². The van der Waals surface area contributed by atoms with Gasteiger partial charge >= 0.3 is 58.7 Å². The summed E-state index contributed by atoms with van der Waals surface area (Å²) >= 11 is 11.0. The summed E-state index contributed by atoms with van der Waals surface area (Å²) in [6.07, 6.45) is 1.86. The van der Waals surface area contributed by atoms with E-state index in [2.05, 4.69) is 4.86 Å². The van der Waals surface area contributed by atoms with Crippen LogP contribution >= 0.6 is 23.2 Å². The Hall–Kier alpha value is 0.618. The summed E-state index contributed by atoms with van der Waals surface area (Å²) in [6.45, 7) is 0. The first kappa shape index (κ1) is 5.75.